The normalized spacial score (nSPS) is 9.93. The molecule has 1 aromatic rings. The van der Waals surface area contributed by atoms with E-state index in [0.29, 0.717) is 17.5 Å². The maximum atomic E-state index is 11.6. The zero-order valence-corrected chi connectivity index (χ0v) is 11.5. The molecule has 0 spiro atoms. The molecule has 0 aliphatic carbocycles. The van der Waals surface area contributed by atoms with Gasteiger partial charge in [0, 0.05) is 8.90 Å². The van der Waals surface area contributed by atoms with Gasteiger partial charge in [-0.05, 0) is 41.1 Å². The van der Waals surface area contributed by atoms with Crippen molar-refractivity contribution in [3.8, 4) is 0 Å². The van der Waals surface area contributed by atoms with Crippen LogP contribution in [0.5, 0.6) is 0 Å². The van der Waals surface area contributed by atoms with E-state index in [-0.39, 0.29) is 5.97 Å². The zero-order chi connectivity index (χ0) is 10.6. The summed E-state index contributed by atoms with van der Waals surface area (Å²) in [6, 6.07) is 5.75. The molecule has 0 atom stereocenters. The largest absolute Gasteiger partial charge is 0.462 e. The van der Waals surface area contributed by atoms with Crippen LogP contribution in [0.2, 0.25) is 0 Å². The third-order valence-corrected chi connectivity index (χ3v) is 3.23. The Morgan fingerprint density at radius 2 is 2.29 bits per heavy atom. The molecule has 2 nitrogen and oxygen atoms in total. The van der Waals surface area contributed by atoms with E-state index in [1.807, 2.05) is 25.1 Å². The average molecular weight is 369 g/mol. The van der Waals surface area contributed by atoms with Crippen molar-refractivity contribution in [3.63, 3.8) is 0 Å². The molecule has 0 saturated heterocycles. The number of carbonyl (C=O) groups is 1. The number of carbonyl (C=O) groups excluding carboxylic acids is 1. The van der Waals surface area contributed by atoms with Crippen LogP contribution in [-0.2, 0) is 10.1 Å². The summed E-state index contributed by atoms with van der Waals surface area (Å²) in [6.45, 7) is 2.22. The molecule has 0 fully saturated rings. The number of halogens is 2. The highest BCUT2D eigenvalue weighted by atomic mass is 127. The van der Waals surface area contributed by atoms with E-state index in [4.69, 9.17) is 4.74 Å². The summed E-state index contributed by atoms with van der Waals surface area (Å²) in [5.41, 5.74) is 1.64. The Bertz CT molecular complexity index is 339. The fourth-order valence-electron chi connectivity index (χ4n) is 1.11. The minimum Gasteiger partial charge on any atom is -0.462 e. The van der Waals surface area contributed by atoms with Gasteiger partial charge in [-0.25, -0.2) is 4.79 Å². The average Bonchev–Trinajstić information content (AvgIpc) is 2.17. The summed E-state index contributed by atoms with van der Waals surface area (Å²) >= 11 is 5.49. The Labute approximate surface area is 105 Å². The van der Waals surface area contributed by atoms with Crippen LogP contribution >= 0.6 is 38.5 Å². The molecule has 0 amide bonds. The maximum absolute atomic E-state index is 11.6. The first kappa shape index (κ1) is 12.0. The van der Waals surface area contributed by atoms with Gasteiger partial charge in [0.05, 0.1) is 12.2 Å². The molecule has 4 heteroatoms. The van der Waals surface area contributed by atoms with Crippen LogP contribution in [0.1, 0.15) is 22.8 Å². The van der Waals surface area contributed by atoms with Gasteiger partial charge >= 0.3 is 5.97 Å². The van der Waals surface area contributed by atoms with Crippen LogP contribution in [0, 0.1) is 3.57 Å². The van der Waals surface area contributed by atoms with E-state index in [2.05, 4.69) is 38.5 Å². The highest BCUT2D eigenvalue weighted by Crippen LogP contribution is 2.20. The second kappa shape index (κ2) is 5.70. The van der Waals surface area contributed by atoms with Crippen LogP contribution in [0.4, 0.5) is 0 Å². The third kappa shape index (κ3) is 2.70. The summed E-state index contributed by atoms with van der Waals surface area (Å²) in [5, 5.41) is 0.665. The van der Waals surface area contributed by atoms with Gasteiger partial charge in [-0.15, -0.1) is 0 Å². The van der Waals surface area contributed by atoms with E-state index in [1.165, 1.54) is 0 Å². The van der Waals surface area contributed by atoms with Gasteiger partial charge in [0.2, 0.25) is 0 Å². The summed E-state index contributed by atoms with van der Waals surface area (Å²) < 4.78 is 5.92. The van der Waals surface area contributed by atoms with Gasteiger partial charge in [-0.3, -0.25) is 0 Å². The van der Waals surface area contributed by atoms with Crippen LogP contribution < -0.4 is 0 Å². The van der Waals surface area contributed by atoms with Gasteiger partial charge in [-0.2, -0.15) is 0 Å². The molecule has 14 heavy (non-hydrogen) atoms. The molecular weight excluding hydrogens is 359 g/mol. The van der Waals surface area contributed by atoms with Gasteiger partial charge in [0.15, 0.2) is 0 Å². The molecule has 76 valence electrons. The second-order valence-corrected chi connectivity index (χ2v) is 4.35. The van der Waals surface area contributed by atoms with Crippen molar-refractivity contribution in [2.75, 3.05) is 6.61 Å². The van der Waals surface area contributed by atoms with Crippen molar-refractivity contribution in [2.45, 2.75) is 12.3 Å². The summed E-state index contributed by atoms with van der Waals surface area (Å²) in [7, 11) is 0. The Morgan fingerprint density at radius 3 is 2.86 bits per heavy atom. The molecule has 0 aliphatic heterocycles. The highest BCUT2D eigenvalue weighted by molar-refractivity contribution is 14.1. The quantitative estimate of drug-likeness (QED) is 0.464. The first-order valence-electron chi connectivity index (χ1n) is 4.21. The number of esters is 1. The first-order chi connectivity index (χ1) is 6.70. The summed E-state index contributed by atoms with van der Waals surface area (Å²) in [4.78, 5) is 11.6. The van der Waals surface area contributed by atoms with Crippen LogP contribution in [0.15, 0.2) is 18.2 Å². The number of benzene rings is 1. The number of ether oxygens (including phenoxy) is 1. The van der Waals surface area contributed by atoms with E-state index < -0.39 is 0 Å². The molecule has 0 radical (unpaired) electrons. The van der Waals surface area contributed by atoms with Gasteiger partial charge < -0.3 is 4.74 Å². The summed E-state index contributed by atoms with van der Waals surface area (Å²) in [5.74, 6) is -0.244. The van der Waals surface area contributed by atoms with Crippen molar-refractivity contribution < 1.29 is 9.53 Å². The Morgan fingerprint density at radius 1 is 1.57 bits per heavy atom. The Kier molecular flexibility index (Phi) is 4.88. The van der Waals surface area contributed by atoms with Crippen molar-refractivity contribution in [3.05, 3.63) is 32.9 Å². The lowest BCUT2D eigenvalue weighted by Crippen LogP contribution is -2.09. The fourth-order valence-corrected chi connectivity index (χ4v) is 2.35. The lowest BCUT2D eigenvalue weighted by atomic mass is 10.1. The van der Waals surface area contributed by atoms with Crippen LogP contribution in [-0.4, -0.2) is 12.6 Å². The lowest BCUT2D eigenvalue weighted by Gasteiger charge is -2.08. The standard InChI is InChI=1S/C10H10BrIO2/c1-2-14-10(13)9-7(6-11)4-3-5-8(9)12/h3-5H,2,6H2,1H3. The molecule has 1 aromatic carbocycles. The molecule has 0 bridgehead atoms. The Balaban J connectivity index is 3.10. The smallest absolute Gasteiger partial charge is 0.339 e. The molecule has 1 rings (SSSR count). The molecule has 0 unspecified atom stereocenters. The molecule has 0 N–H and O–H groups in total. The van der Waals surface area contributed by atoms with Crippen molar-refractivity contribution in [1.82, 2.24) is 0 Å². The molecule has 0 saturated carbocycles. The number of rotatable bonds is 3. The van der Waals surface area contributed by atoms with Crippen molar-refractivity contribution in [2.24, 2.45) is 0 Å². The monoisotopic (exact) mass is 368 g/mol. The van der Waals surface area contributed by atoms with E-state index in [0.717, 1.165) is 9.13 Å². The molecule has 0 heterocycles. The fraction of sp³-hybridized carbons (Fsp3) is 0.300. The van der Waals surface area contributed by atoms with E-state index >= 15 is 0 Å². The minimum absolute atomic E-state index is 0.244. The number of alkyl halides is 1. The molecule has 0 aromatic heterocycles. The van der Waals surface area contributed by atoms with Crippen LogP contribution in [0.25, 0.3) is 0 Å². The molecule has 0 aliphatic rings. The topological polar surface area (TPSA) is 26.3 Å². The van der Waals surface area contributed by atoms with Crippen molar-refractivity contribution >= 4 is 44.5 Å². The SMILES string of the molecule is CCOC(=O)c1c(I)cccc1CBr. The number of hydrogen-bond donors (Lipinski definition) is 0. The first-order valence-corrected chi connectivity index (χ1v) is 6.41. The predicted octanol–water partition coefficient (Wildman–Crippen LogP) is 3.36. The maximum Gasteiger partial charge on any atom is 0.339 e. The van der Waals surface area contributed by atoms with Gasteiger partial charge in [-0.1, -0.05) is 28.1 Å². The third-order valence-electron chi connectivity index (χ3n) is 1.72. The summed E-state index contributed by atoms with van der Waals surface area (Å²) in [6.07, 6.45) is 0. The highest BCUT2D eigenvalue weighted by Gasteiger charge is 2.14. The predicted molar refractivity (Wildman–Crippen MR) is 67.7 cm³/mol. The van der Waals surface area contributed by atoms with Crippen LogP contribution in [0.3, 0.4) is 0 Å². The molecular formula is C10H10BrIO2. The Hall–Kier alpha value is -0.100. The number of hydrogen-bond acceptors (Lipinski definition) is 2. The van der Waals surface area contributed by atoms with E-state index in [9.17, 15) is 4.79 Å². The van der Waals surface area contributed by atoms with Gasteiger partial charge in [0.1, 0.15) is 0 Å². The lowest BCUT2D eigenvalue weighted by molar-refractivity contribution is 0.0524. The zero-order valence-electron chi connectivity index (χ0n) is 7.72. The minimum atomic E-state index is -0.244. The van der Waals surface area contributed by atoms with Crippen molar-refractivity contribution in [1.29, 1.82) is 0 Å². The second-order valence-electron chi connectivity index (χ2n) is 2.63. The van der Waals surface area contributed by atoms with E-state index in [1.54, 1.807) is 0 Å². The van der Waals surface area contributed by atoms with Gasteiger partial charge in [0.25, 0.3) is 0 Å².